The Balaban J connectivity index is 1.69. The molecule has 0 saturated carbocycles. The molecule has 140 valence electrons. The second-order valence-electron chi connectivity index (χ2n) is 6.41. The standard InChI is InChI=1S/C20H19BrClN3O2/c21-16-3-1-2-15(10-16)20(6-8-27-9-7-20)24-13-19(26)25-17-5-4-14(12-23)18(22)11-17/h1-5,10-11,24H,6-9,13H2,(H,25,26). The average molecular weight is 449 g/mol. The Kier molecular flexibility index (Phi) is 6.51. The zero-order valence-electron chi connectivity index (χ0n) is 14.6. The summed E-state index contributed by atoms with van der Waals surface area (Å²) >= 11 is 9.54. The van der Waals surface area contributed by atoms with E-state index in [9.17, 15) is 4.79 Å². The van der Waals surface area contributed by atoms with Crippen LogP contribution in [0.4, 0.5) is 5.69 Å². The molecule has 0 spiro atoms. The van der Waals surface area contributed by atoms with Gasteiger partial charge >= 0.3 is 0 Å². The molecule has 2 aromatic carbocycles. The first-order valence-electron chi connectivity index (χ1n) is 8.61. The highest BCUT2D eigenvalue weighted by Gasteiger charge is 2.34. The van der Waals surface area contributed by atoms with Crippen LogP contribution in [0.25, 0.3) is 0 Å². The first-order valence-corrected chi connectivity index (χ1v) is 9.78. The van der Waals surface area contributed by atoms with Crippen molar-refractivity contribution in [3.8, 4) is 6.07 Å². The van der Waals surface area contributed by atoms with E-state index in [0.717, 1.165) is 22.9 Å². The number of amides is 1. The zero-order chi connectivity index (χ0) is 19.3. The molecule has 0 aromatic heterocycles. The van der Waals surface area contributed by atoms with Gasteiger partial charge in [-0.2, -0.15) is 5.26 Å². The van der Waals surface area contributed by atoms with E-state index in [1.165, 1.54) is 0 Å². The van der Waals surface area contributed by atoms with Crippen molar-refractivity contribution in [3.63, 3.8) is 0 Å². The number of rotatable bonds is 5. The van der Waals surface area contributed by atoms with Crippen molar-refractivity contribution in [2.24, 2.45) is 0 Å². The predicted molar refractivity (Wildman–Crippen MR) is 109 cm³/mol. The van der Waals surface area contributed by atoms with Crippen LogP contribution in [0.1, 0.15) is 24.0 Å². The molecule has 7 heteroatoms. The van der Waals surface area contributed by atoms with Gasteiger partial charge in [0.05, 0.1) is 17.1 Å². The molecule has 1 fully saturated rings. The molecular weight excluding hydrogens is 430 g/mol. The highest BCUT2D eigenvalue weighted by Crippen LogP contribution is 2.33. The number of nitriles is 1. The highest BCUT2D eigenvalue weighted by molar-refractivity contribution is 9.10. The summed E-state index contributed by atoms with van der Waals surface area (Å²) in [4.78, 5) is 12.4. The number of halogens is 2. The van der Waals surface area contributed by atoms with Gasteiger partial charge in [-0.05, 0) is 48.7 Å². The van der Waals surface area contributed by atoms with E-state index in [-0.39, 0.29) is 18.0 Å². The predicted octanol–water partition coefficient (Wildman–Crippen LogP) is 4.21. The third-order valence-electron chi connectivity index (χ3n) is 4.68. The summed E-state index contributed by atoms with van der Waals surface area (Å²) in [5.41, 5.74) is 1.77. The van der Waals surface area contributed by atoms with Crippen LogP contribution in [0.5, 0.6) is 0 Å². The van der Waals surface area contributed by atoms with Crippen molar-refractivity contribution in [1.82, 2.24) is 5.32 Å². The molecule has 0 bridgehead atoms. The van der Waals surface area contributed by atoms with Crippen molar-refractivity contribution in [1.29, 1.82) is 5.26 Å². The van der Waals surface area contributed by atoms with E-state index in [2.05, 4.69) is 38.7 Å². The van der Waals surface area contributed by atoms with Crippen LogP contribution in [0.15, 0.2) is 46.9 Å². The number of carbonyl (C=O) groups is 1. The summed E-state index contributed by atoms with van der Waals surface area (Å²) in [6.45, 7) is 1.45. The maximum absolute atomic E-state index is 12.4. The molecule has 5 nitrogen and oxygen atoms in total. The number of benzene rings is 2. The van der Waals surface area contributed by atoms with Gasteiger partial charge in [-0.25, -0.2) is 0 Å². The molecule has 1 saturated heterocycles. The van der Waals surface area contributed by atoms with Crippen molar-refractivity contribution < 1.29 is 9.53 Å². The van der Waals surface area contributed by atoms with Crippen LogP contribution in [-0.2, 0) is 15.1 Å². The molecule has 1 heterocycles. The Bertz CT molecular complexity index is 876. The van der Waals surface area contributed by atoms with Crippen LogP contribution in [0.3, 0.4) is 0 Å². The lowest BCUT2D eigenvalue weighted by molar-refractivity contribution is -0.116. The molecule has 3 rings (SSSR count). The molecule has 0 aliphatic carbocycles. The van der Waals surface area contributed by atoms with Crippen LogP contribution >= 0.6 is 27.5 Å². The number of anilines is 1. The Morgan fingerprint density at radius 1 is 1.26 bits per heavy atom. The Hall–Kier alpha value is -1.91. The first kappa shape index (κ1) is 19.8. The second-order valence-corrected chi connectivity index (χ2v) is 7.74. The van der Waals surface area contributed by atoms with Crippen molar-refractivity contribution in [2.45, 2.75) is 18.4 Å². The van der Waals surface area contributed by atoms with E-state index in [1.54, 1.807) is 18.2 Å². The maximum Gasteiger partial charge on any atom is 0.238 e. The third-order valence-corrected chi connectivity index (χ3v) is 5.49. The second kappa shape index (κ2) is 8.85. The summed E-state index contributed by atoms with van der Waals surface area (Å²) in [5, 5.41) is 15.5. The topological polar surface area (TPSA) is 74.2 Å². The minimum Gasteiger partial charge on any atom is -0.381 e. The Morgan fingerprint density at radius 2 is 2.04 bits per heavy atom. The number of hydrogen-bond donors (Lipinski definition) is 2. The summed E-state index contributed by atoms with van der Waals surface area (Å²) in [6, 6.07) is 15.0. The summed E-state index contributed by atoms with van der Waals surface area (Å²) in [7, 11) is 0. The molecule has 0 unspecified atom stereocenters. The number of nitrogens with zero attached hydrogens (tertiary/aromatic N) is 1. The number of nitrogens with one attached hydrogen (secondary N) is 2. The molecule has 1 amide bonds. The summed E-state index contributed by atoms with van der Waals surface area (Å²) in [6.07, 6.45) is 1.58. The molecular formula is C20H19BrClN3O2. The van der Waals surface area contributed by atoms with Gasteiger partial charge < -0.3 is 10.1 Å². The van der Waals surface area contributed by atoms with E-state index in [4.69, 9.17) is 21.6 Å². The monoisotopic (exact) mass is 447 g/mol. The lowest BCUT2D eigenvalue weighted by atomic mass is 9.82. The third kappa shape index (κ3) is 4.88. The fourth-order valence-electron chi connectivity index (χ4n) is 3.21. The van der Waals surface area contributed by atoms with E-state index < -0.39 is 0 Å². The lowest BCUT2D eigenvalue weighted by Gasteiger charge is -2.38. The Morgan fingerprint density at radius 3 is 2.70 bits per heavy atom. The highest BCUT2D eigenvalue weighted by atomic mass is 79.9. The van der Waals surface area contributed by atoms with E-state index in [1.807, 2.05) is 18.2 Å². The van der Waals surface area contributed by atoms with Gasteiger partial charge in [0.15, 0.2) is 0 Å². The van der Waals surface area contributed by atoms with Gasteiger partial charge in [0.25, 0.3) is 0 Å². The van der Waals surface area contributed by atoms with Gasteiger partial charge in [-0.3, -0.25) is 10.1 Å². The Labute approximate surface area is 171 Å². The SMILES string of the molecule is N#Cc1ccc(NC(=O)CNC2(c3cccc(Br)c3)CCOCC2)cc1Cl. The van der Waals surface area contributed by atoms with Crippen molar-refractivity contribution in [3.05, 3.63) is 63.1 Å². The van der Waals surface area contributed by atoms with Gasteiger partial charge in [0, 0.05) is 28.9 Å². The van der Waals surface area contributed by atoms with Crippen LogP contribution in [0.2, 0.25) is 5.02 Å². The largest absolute Gasteiger partial charge is 0.381 e. The average Bonchev–Trinajstić information content (AvgIpc) is 2.67. The minimum atomic E-state index is -0.304. The summed E-state index contributed by atoms with van der Waals surface area (Å²) in [5.74, 6) is -0.170. The molecule has 1 aliphatic rings. The van der Waals surface area contributed by atoms with E-state index in [0.29, 0.717) is 29.5 Å². The number of ether oxygens (including phenoxy) is 1. The van der Waals surface area contributed by atoms with Gasteiger partial charge in [0.2, 0.25) is 5.91 Å². The quantitative estimate of drug-likeness (QED) is 0.718. The number of carbonyl (C=O) groups excluding carboxylic acids is 1. The van der Waals surface area contributed by atoms with Crippen molar-refractivity contribution in [2.75, 3.05) is 25.1 Å². The van der Waals surface area contributed by atoms with Crippen LogP contribution in [0, 0.1) is 11.3 Å². The fourth-order valence-corrected chi connectivity index (χ4v) is 3.83. The number of hydrogen-bond acceptors (Lipinski definition) is 4. The summed E-state index contributed by atoms with van der Waals surface area (Å²) < 4.78 is 6.52. The smallest absolute Gasteiger partial charge is 0.238 e. The van der Waals surface area contributed by atoms with Gasteiger partial charge in [-0.15, -0.1) is 0 Å². The molecule has 0 radical (unpaired) electrons. The molecule has 1 aliphatic heterocycles. The molecule has 2 N–H and O–H groups in total. The van der Waals surface area contributed by atoms with Gasteiger partial charge in [-0.1, -0.05) is 39.7 Å². The lowest BCUT2D eigenvalue weighted by Crippen LogP contribution is -2.49. The zero-order valence-corrected chi connectivity index (χ0v) is 16.9. The normalized spacial score (nSPS) is 15.7. The molecule has 0 atom stereocenters. The van der Waals surface area contributed by atoms with E-state index >= 15 is 0 Å². The first-order chi connectivity index (χ1) is 13.0. The molecule has 27 heavy (non-hydrogen) atoms. The minimum absolute atomic E-state index is 0.157. The van der Waals surface area contributed by atoms with Crippen LogP contribution in [-0.4, -0.2) is 25.7 Å². The maximum atomic E-state index is 12.4. The van der Waals surface area contributed by atoms with Gasteiger partial charge in [0.1, 0.15) is 6.07 Å². The fraction of sp³-hybridized carbons (Fsp3) is 0.300. The van der Waals surface area contributed by atoms with Crippen LogP contribution < -0.4 is 10.6 Å². The van der Waals surface area contributed by atoms with Crippen molar-refractivity contribution >= 4 is 39.1 Å². The molecule has 2 aromatic rings.